The van der Waals surface area contributed by atoms with Gasteiger partial charge in [0.05, 0.1) is 0 Å². The molecule has 1 heterocycles. The summed E-state index contributed by atoms with van der Waals surface area (Å²) in [7, 11) is -2.32. The van der Waals surface area contributed by atoms with Crippen LogP contribution in [0.25, 0.3) is 0 Å². The Hall–Kier alpha value is -0.0900. The summed E-state index contributed by atoms with van der Waals surface area (Å²) in [6, 6.07) is 0. The third-order valence-corrected chi connectivity index (χ3v) is 4.90. The van der Waals surface area contributed by atoms with Crippen LogP contribution in [-0.4, -0.2) is 28.3 Å². The quantitative estimate of drug-likeness (QED) is 0.699. The zero-order valence-electron chi connectivity index (χ0n) is 7.80. The molecule has 1 rings (SSSR count). The van der Waals surface area contributed by atoms with Gasteiger partial charge in [0.1, 0.15) is 0 Å². The number of hydrogen-bond acceptors (Lipinski definition) is 3. The van der Waals surface area contributed by atoms with Gasteiger partial charge in [0, 0.05) is 20.7 Å². The van der Waals surface area contributed by atoms with E-state index in [2.05, 4.69) is 5.32 Å². The van der Waals surface area contributed by atoms with Crippen molar-refractivity contribution in [2.75, 3.05) is 18.8 Å². The Bertz CT molecular complexity index is 227. The van der Waals surface area contributed by atoms with Crippen LogP contribution in [0.4, 0.5) is 0 Å². The van der Waals surface area contributed by atoms with Crippen molar-refractivity contribution in [3.8, 4) is 0 Å². The molecule has 0 amide bonds. The highest BCUT2D eigenvalue weighted by Crippen LogP contribution is 2.14. The van der Waals surface area contributed by atoms with Crippen molar-refractivity contribution in [1.29, 1.82) is 4.78 Å². The Morgan fingerprint density at radius 3 is 2.75 bits per heavy atom. The van der Waals surface area contributed by atoms with Gasteiger partial charge in [-0.15, -0.1) is 0 Å². The third-order valence-electron chi connectivity index (χ3n) is 2.41. The second-order valence-electron chi connectivity index (χ2n) is 3.80. The molecule has 0 aromatic carbocycles. The normalized spacial score (nSPS) is 29.1. The fraction of sp³-hybridized carbons (Fsp3) is 1.00. The average molecular weight is 190 g/mol. The van der Waals surface area contributed by atoms with Crippen LogP contribution in [0, 0.1) is 10.7 Å². The third kappa shape index (κ3) is 2.45. The van der Waals surface area contributed by atoms with E-state index >= 15 is 0 Å². The van der Waals surface area contributed by atoms with Gasteiger partial charge < -0.3 is 5.32 Å². The van der Waals surface area contributed by atoms with Gasteiger partial charge in [-0.1, -0.05) is 13.8 Å². The van der Waals surface area contributed by atoms with Crippen molar-refractivity contribution >= 4 is 9.73 Å². The summed E-state index contributed by atoms with van der Waals surface area (Å²) in [5.74, 6) is 1.05. The molecule has 1 aliphatic rings. The summed E-state index contributed by atoms with van der Waals surface area (Å²) in [6.45, 7) is 5.72. The van der Waals surface area contributed by atoms with Crippen LogP contribution in [-0.2, 0) is 9.73 Å². The van der Waals surface area contributed by atoms with Gasteiger partial charge in [-0.05, 0) is 25.4 Å². The first-order chi connectivity index (χ1) is 5.52. The molecule has 4 heteroatoms. The minimum atomic E-state index is -2.32. The summed E-state index contributed by atoms with van der Waals surface area (Å²) in [4.78, 5) is 0. The molecule has 0 spiro atoms. The maximum atomic E-state index is 11.7. The lowest BCUT2D eigenvalue weighted by Gasteiger charge is -2.14. The number of rotatable bonds is 3. The highest BCUT2D eigenvalue weighted by molar-refractivity contribution is 7.92. The molecule has 0 bridgehead atoms. The van der Waals surface area contributed by atoms with Crippen molar-refractivity contribution < 1.29 is 4.21 Å². The lowest BCUT2D eigenvalue weighted by atomic mass is 10.2. The molecule has 0 aliphatic carbocycles. The van der Waals surface area contributed by atoms with E-state index in [-0.39, 0.29) is 5.25 Å². The zero-order valence-corrected chi connectivity index (χ0v) is 8.62. The van der Waals surface area contributed by atoms with Gasteiger partial charge in [0.2, 0.25) is 0 Å². The molecule has 12 heavy (non-hydrogen) atoms. The Kier molecular flexibility index (Phi) is 3.12. The van der Waals surface area contributed by atoms with Gasteiger partial charge >= 0.3 is 0 Å². The lowest BCUT2D eigenvalue weighted by Crippen LogP contribution is -2.23. The molecule has 1 fully saturated rings. The van der Waals surface area contributed by atoms with Crippen molar-refractivity contribution in [2.45, 2.75) is 25.5 Å². The summed E-state index contributed by atoms with van der Waals surface area (Å²) < 4.78 is 19.3. The Morgan fingerprint density at radius 1 is 1.67 bits per heavy atom. The van der Waals surface area contributed by atoms with Crippen LogP contribution < -0.4 is 5.32 Å². The van der Waals surface area contributed by atoms with E-state index in [0.29, 0.717) is 11.7 Å². The smallest absolute Gasteiger partial charge is 0.0468 e. The largest absolute Gasteiger partial charge is 0.316 e. The SMILES string of the molecule is CC(C)S(=N)(=O)CC1CCNC1. The Balaban J connectivity index is 2.49. The van der Waals surface area contributed by atoms with Crippen molar-refractivity contribution in [1.82, 2.24) is 5.32 Å². The number of nitrogens with one attached hydrogen (secondary N) is 2. The molecular weight excluding hydrogens is 172 g/mol. The fourth-order valence-corrected chi connectivity index (χ4v) is 2.77. The monoisotopic (exact) mass is 190 g/mol. The molecule has 3 nitrogen and oxygen atoms in total. The standard InChI is InChI=1S/C8H18N2OS/c1-7(2)12(9,11)6-8-3-4-10-5-8/h7-10H,3-6H2,1-2H3. The first-order valence-corrected chi connectivity index (χ1v) is 6.27. The molecule has 0 radical (unpaired) electrons. The van der Waals surface area contributed by atoms with Crippen LogP contribution in [0.2, 0.25) is 0 Å². The highest BCUT2D eigenvalue weighted by atomic mass is 32.2. The second kappa shape index (κ2) is 3.75. The van der Waals surface area contributed by atoms with Crippen LogP contribution in [0.1, 0.15) is 20.3 Å². The molecule has 0 aromatic rings. The maximum absolute atomic E-state index is 11.7. The summed E-state index contributed by atoms with van der Waals surface area (Å²) in [5, 5.41) is 3.22. The predicted molar refractivity (Wildman–Crippen MR) is 51.8 cm³/mol. The topological polar surface area (TPSA) is 53.0 Å². The molecule has 1 saturated heterocycles. The molecule has 2 N–H and O–H groups in total. The van der Waals surface area contributed by atoms with E-state index in [1.54, 1.807) is 0 Å². The van der Waals surface area contributed by atoms with Gasteiger partial charge in [-0.25, -0.2) is 4.21 Å². The predicted octanol–water partition coefficient (Wildman–Crippen LogP) is 1.05. The highest BCUT2D eigenvalue weighted by Gasteiger charge is 2.21. The van der Waals surface area contributed by atoms with Crippen molar-refractivity contribution in [3.05, 3.63) is 0 Å². The second-order valence-corrected chi connectivity index (χ2v) is 6.53. The molecule has 1 aliphatic heterocycles. The number of hydrogen-bond donors (Lipinski definition) is 2. The van der Waals surface area contributed by atoms with Crippen molar-refractivity contribution in [2.24, 2.45) is 5.92 Å². The minimum Gasteiger partial charge on any atom is -0.316 e. The Morgan fingerprint density at radius 2 is 2.33 bits per heavy atom. The first kappa shape index (κ1) is 9.99. The van der Waals surface area contributed by atoms with Crippen LogP contribution in [0.3, 0.4) is 0 Å². The lowest BCUT2D eigenvalue weighted by molar-refractivity contribution is 0.621. The molecule has 0 aromatic heterocycles. The van der Waals surface area contributed by atoms with E-state index in [4.69, 9.17) is 4.78 Å². The van der Waals surface area contributed by atoms with Crippen LogP contribution in [0.5, 0.6) is 0 Å². The molecular formula is C8H18N2OS. The van der Waals surface area contributed by atoms with Gasteiger partial charge in [0.25, 0.3) is 0 Å². The van der Waals surface area contributed by atoms with Crippen LogP contribution in [0.15, 0.2) is 0 Å². The van der Waals surface area contributed by atoms with Gasteiger partial charge in [0.15, 0.2) is 0 Å². The van der Waals surface area contributed by atoms with Gasteiger partial charge in [-0.3, -0.25) is 4.78 Å². The maximum Gasteiger partial charge on any atom is 0.0468 e. The molecule has 2 unspecified atom stereocenters. The molecule has 0 saturated carbocycles. The summed E-state index contributed by atoms with van der Waals surface area (Å²) >= 11 is 0. The summed E-state index contributed by atoms with van der Waals surface area (Å²) in [6.07, 6.45) is 1.09. The molecule has 72 valence electrons. The van der Waals surface area contributed by atoms with E-state index in [9.17, 15) is 4.21 Å². The molecule has 2 atom stereocenters. The van der Waals surface area contributed by atoms with E-state index in [0.717, 1.165) is 19.5 Å². The van der Waals surface area contributed by atoms with E-state index < -0.39 is 9.73 Å². The Labute approximate surface area is 74.9 Å². The zero-order chi connectivity index (χ0) is 9.19. The van der Waals surface area contributed by atoms with E-state index in [1.807, 2.05) is 13.8 Å². The average Bonchev–Trinajstić information content (AvgIpc) is 2.38. The first-order valence-electron chi connectivity index (χ1n) is 4.48. The van der Waals surface area contributed by atoms with Crippen molar-refractivity contribution in [3.63, 3.8) is 0 Å². The van der Waals surface area contributed by atoms with E-state index in [1.165, 1.54) is 0 Å². The summed E-state index contributed by atoms with van der Waals surface area (Å²) in [5.41, 5.74) is 0. The fourth-order valence-electron chi connectivity index (χ4n) is 1.40. The van der Waals surface area contributed by atoms with Crippen LogP contribution >= 0.6 is 0 Å². The minimum absolute atomic E-state index is 0.00176. The van der Waals surface area contributed by atoms with Gasteiger partial charge in [-0.2, -0.15) is 0 Å².